The second-order valence-electron chi connectivity index (χ2n) is 0.338. The Morgan fingerprint density at radius 2 is 2.25 bits per heavy atom. The zero-order valence-corrected chi connectivity index (χ0v) is 4.32. The van der Waals surface area contributed by atoms with Gasteiger partial charge in [0.25, 0.3) is 0 Å². The molecule has 0 bridgehead atoms. The van der Waals surface area contributed by atoms with E-state index in [4.69, 9.17) is 5.84 Å². The van der Waals surface area contributed by atoms with Crippen LogP contribution in [0.4, 0.5) is 0 Å². The SMILES string of the molecule is NNCI. The summed E-state index contributed by atoms with van der Waals surface area (Å²) in [6.45, 7) is 0. The highest BCUT2D eigenvalue weighted by Crippen LogP contribution is 1.64. The normalized spacial score (nSPS) is 7.50. The molecule has 4 heavy (non-hydrogen) atoms. The smallest absolute Gasteiger partial charge is 0.0616 e. The summed E-state index contributed by atoms with van der Waals surface area (Å²) in [5, 5.41) is 0. The first-order chi connectivity index (χ1) is 1.91. The van der Waals surface area contributed by atoms with Crippen molar-refractivity contribution in [2.75, 3.05) is 4.55 Å². The van der Waals surface area contributed by atoms with Crippen LogP contribution in [0, 0.1) is 0 Å². The molecule has 0 spiro atoms. The van der Waals surface area contributed by atoms with Crippen LogP contribution in [0.3, 0.4) is 0 Å². The minimum Gasteiger partial charge on any atom is -0.271 e. The number of hydrazine groups is 1. The quantitative estimate of drug-likeness (QED) is 0.189. The third kappa shape index (κ3) is 2.65. The van der Waals surface area contributed by atoms with E-state index in [-0.39, 0.29) is 0 Å². The Morgan fingerprint density at radius 1 is 2.00 bits per heavy atom. The van der Waals surface area contributed by atoms with Crippen LogP contribution in [0.25, 0.3) is 0 Å². The van der Waals surface area contributed by atoms with Gasteiger partial charge in [0, 0.05) is 0 Å². The van der Waals surface area contributed by atoms with Crippen LogP contribution in [-0.4, -0.2) is 4.55 Å². The van der Waals surface area contributed by atoms with Gasteiger partial charge < -0.3 is 0 Å². The molecule has 0 aromatic carbocycles. The lowest BCUT2D eigenvalue weighted by Gasteiger charge is -1.75. The van der Waals surface area contributed by atoms with Crippen LogP contribution in [0.15, 0.2) is 0 Å². The van der Waals surface area contributed by atoms with Gasteiger partial charge in [0.2, 0.25) is 0 Å². The largest absolute Gasteiger partial charge is 0.271 e. The summed E-state index contributed by atoms with van der Waals surface area (Å²) < 4.78 is 0.817. The average Bonchev–Trinajstić information content (AvgIpc) is 1.37. The van der Waals surface area contributed by atoms with E-state index in [1.54, 1.807) is 0 Å². The summed E-state index contributed by atoms with van der Waals surface area (Å²) in [6, 6.07) is 0. The summed E-state index contributed by atoms with van der Waals surface area (Å²) in [7, 11) is 0. The molecule has 0 aliphatic rings. The highest BCUT2D eigenvalue weighted by molar-refractivity contribution is 14.1. The maximum absolute atomic E-state index is 4.77. The standard InChI is InChI=1S/CH5IN2/c2-1-4-3/h4H,1,3H2. The first kappa shape index (κ1) is 4.65. The molecule has 0 aromatic heterocycles. The van der Waals surface area contributed by atoms with Gasteiger partial charge in [-0.1, -0.05) is 22.6 Å². The van der Waals surface area contributed by atoms with Crippen LogP contribution >= 0.6 is 22.6 Å². The van der Waals surface area contributed by atoms with E-state index in [0.29, 0.717) is 0 Å². The minimum atomic E-state index is 0.817. The first-order valence-electron chi connectivity index (χ1n) is 0.909. The summed E-state index contributed by atoms with van der Waals surface area (Å²) >= 11 is 2.12. The number of nitrogens with two attached hydrogens (primary N) is 1. The number of hydrogen-bond acceptors (Lipinski definition) is 2. The van der Waals surface area contributed by atoms with Crippen molar-refractivity contribution in [1.29, 1.82) is 0 Å². The molecule has 0 saturated heterocycles. The van der Waals surface area contributed by atoms with E-state index in [2.05, 4.69) is 28.0 Å². The number of nitrogens with one attached hydrogen (secondary N) is 1. The summed E-state index contributed by atoms with van der Waals surface area (Å²) in [5.74, 6) is 4.77. The zero-order chi connectivity index (χ0) is 3.41. The summed E-state index contributed by atoms with van der Waals surface area (Å²) in [6.07, 6.45) is 0. The van der Waals surface area contributed by atoms with E-state index in [1.807, 2.05) is 0 Å². The molecule has 0 heterocycles. The van der Waals surface area contributed by atoms with E-state index in [0.717, 1.165) is 4.55 Å². The lowest BCUT2D eigenvalue weighted by Crippen LogP contribution is -2.18. The molecule has 0 radical (unpaired) electrons. The van der Waals surface area contributed by atoms with E-state index < -0.39 is 0 Å². The molecule has 3 N–H and O–H groups in total. The predicted molar refractivity (Wildman–Crippen MR) is 26.2 cm³/mol. The molecule has 0 unspecified atom stereocenters. The van der Waals surface area contributed by atoms with Crippen molar-refractivity contribution in [1.82, 2.24) is 5.43 Å². The molecular weight excluding hydrogens is 167 g/mol. The molecule has 0 amide bonds. The third-order valence-electron chi connectivity index (χ3n) is 0.0772. The van der Waals surface area contributed by atoms with Gasteiger partial charge in [-0.05, 0) is 0 Å². The fourth-order valence-electron chi connectivity index (χ4n) is 0. The Morgan fingerprint density at radius 3 is 2.25 bits per heavy atom. The van der Waals surface area contributed by atoms with Gasteiger partial charge >= 0.3 is 0 Å². The maximum atomic E-state index is 4.77. The number of alkyl halides is 1. The van der Waals surface area contributed by atoms with E-state index in [1.165, 1.54) is 0 Å². The fourth-order valence-corrected chi connectivity index (χ4v) is 0. The topological polar surface area (TPSA) is 38.0 Å². The number of rotatable bonds is 1. The summed E-state index contributed by atoms with van der Waals surface area (Å²) in [5.41, 5.74) is 2.42. The van der Waals surface area contributed by atoms with E-state index >= 15 is 0 Å². The van der Waals surface area contributed by atoms with Gasteiger partial charge in [-0.2, -0.15) is 0 Å². The van der Waals surface area contributed by atoms with Crippen molar-refractivity contribution in [3.05, 3.63) is 0 Å². The Bertz CT molecular complexity index is 8.00. The number of halogens is 1. The van der Waals surface area contributed by atoms with Gasteiger partial charge in [0.05, 0.1) is 4.55 Å². The lowest BCUT2D eigenvalue weighted by molar-refractivity contribution is 0.887. The van der Waals surface area contributed by atoms with Crippen LogP contribution in [0.2, 0.25) is 0 Å². The molecule has 26 valence electrons. The molecular formula is CH5IN2. The van der Waals surface area contributed by atoms with Crippen LogP contribution in [0.5, 0.6) is 0 Å². The van der Waals surface area contributed by atoms with Crippen molar-refractivity contribution < 1.29 is 0 Å². The van der Waals surface area contributed by atoms with Crippen molar-refractivity contribution in [3.63, 3.8) is 0 Å². The minimum absolute atomic E-state index is 0.817. The molecule has 0 aliphatic carbocycles. The van der Waals surface area contributed by atoms with Crippen LogP contribution in [0.1, 0.15) is 0 Å². The second kappa shape index (κ2) is 3.65. The zero-order valence-electron chi connectivity index (χ0n) is 2.16. The third-order valence-corrected chi connectivity index (χ3v) is 0.518. The highest BCUT2D eigenvalue weighted by Gasteiger charge is 1.52. The summed E-state index contributed by atoms with van der Waals surface area (Å²) in [4.78, 5) is 0. The Kier molecular flexibility index (Phi) is 4.24. The fraction of sp³-hybridized carbons (Fsp3) is 1.00. The number of hydrogen-bond donors (Lipinski definition) is 2. The average molecular weight is 172 g/mol. The van der Waals surface area contributed by atoms with E-state index in [9.17, 15) is 0 Å². The van der Waals surface area contributed by atoms with Gasteiger partial charge in [-0.3, -0.25) is 11.3 Å². The molecule has 3 heteroatoms. The Hall–Kier alpha value is 0.650. The van der Waals surface area contributed by atoms with Crippen LogP contribution < -0.4 is 11.3 Å². The highest BCUT2D eigenvalue weighted by atomic mass is 127. The molecule has 2 nitrogen and oxygen atoms in total. The van der Waals surface area contributed by atoms with Gasteiger partial charge in [0.15, 0.2) is 0 Å². The Balaban J connectivity index is 1.97. The second-order valence-corrected chi connectivity index (χ2v) is 1.10. The molecule has 0 fully saturated rings. The molecule has 0 saturated carbocycles. The monoisotopic (exact) mass is 172 g/mol. The molecule has 0 aliphatic heterocycles. The lowest BCUT2D eigenvalue weighted by atomic mass is 11.5. The van der Waals surface area contributed by atoms with Crippen molar-refractivity contribution in [2.45, 2.75) is 0 Å². The Labute approximate surface area is 38.9 Å². The van der Waals surface area contributed by atoms with Crippen molar-refractivity contribution in [2.24, 2.45) is 5.84 Å². The van der Waals surface area contributed by atoms with Crippen molar-refractivity contribution in [3.8, 4) is 0 Å². The molecule has 0 aromatic rings. The molecule has 0 rings (SSSR count). The first-order valence-corrected chi connectivity index (χ1v) is 2.44. The van der Waals surface area contributed by atoms with Gasteiger partial charge in [-0.15, -0.1) is 0 Å². The molecule has 0 atom stereocenters. The van der Waals surface area contributed by atoms with Crippen molar-refractivity contribution >= 4 is 22.6 Å². The predicted octanol–water partition coefficient (Wildman–Crippen LogP) is -0.158. The van der Waals surface area contributed by atoms with Gasteiger partial charge in [0.1, 0.15) is 0 Å². The maximum Gasteiger partial charge on any atom is 0.0616 e. The van der Waals surface area contributed by atoms with Gasteiger partial charge in [-0.25, -0.2) is 0 Å². The van der Waals surface area contributed by atoms with Crippen LogP contribution in [-0.2, 0) is 0 Å².